The van der Waals surface area contributed by atoms with Crippen molar-refractivity contribution in [3.8, 4) is 0 Å². The number of hydrogen-bond donors (Lipinski definition) is 0. The topological polar surface area (TPSA) is 88.5 Å². The summed E-state index contributed by atoms with van der Waals surface area (Å²) in [5.74, 6) is 1.38. The third-order valence-electron chi connectivity index (χ3n) is 4.76. The third kappa shape index (κ3) is 3.85. The highest BCUT2D eigenvalue weighted by Gasteiger charge is 2.28. The Bertz CT molecular complexity index is 758. The molecule has 0 radical (unpaired) electrons. The van der Waals surface area contributed by atoms with E-state index in [1.54, 1.807) is 12.1 Å². The number of hydrogen-bond acceptors (Lipinski definition) is 7. The highest BCUT2D eigenvalue weighted by atomic mass is 16.6. The summed E-state index contributed by atoms with van der Waals surface area (Å²) in [7, 11) is 0. The molecule has 0 amide bonds. The van der Waals surface area contributed by atoms with Crippen molar-refractivity contribution < 1.29 is 9.45 Å². The summed E-state index contributed by atoms with van der Waals surface area (Å²) < 4.78 is 5.47. The van der Waals surface area contributed by atoms with Crippen LogP contribution in [0.4, 0.5) is 11.4 Å². The molecule has 1 unspecified atom stereocenters. The minimum Gasteiger partial charge on any atom is -0.369 e. The monoisotopic (exact) mass is 359 g/mol. The smallest absolute Gasteiger partial charge is 0.269 e. The Morgan fingerprint density at radius 3 is 2.27 bits per heavy atom. The molecule has 1 aliphatic heterocycles. The minimum atomic E-state index is -0.375. The molecule has 1 aliphatic rings. The van der Waals surface area contributed by atoms with Gasteiger partial charge in [-0.15, -0.1) is 0 Å². The van der Waals surface area contributed by atoms with Crippen molar-refractivity contribution >= 4 is 11.4 Å². The van der Waals surface area contributed by atoms with Crippen molar-refractivity contribution in [2.24, 2.45) is 0 Å². The summed E-state index contributed by atoms with van der Waals surface area (Å²) in [6, 6.07) is 6.79. The predicted molar refractivity (Wildman–Crippen MR) is 98.3 cm³/mol. The van der Waals surface area contributed by atoms with Crippen molar-refractivity contribution in [3.63, 3.8) is 0 Å². The van der Waals surface area contributed by atoms with E-state index >= 15 is 0 Å². The molecule has 0 aliphatic carbocycles. The number of aromatic nitrogens is 2. The van der Waals surface area contributed by atoms with E-state index in [9.17, 15) is 10.1 Å². The van der Waals surface area contributed by atoms with Crippen LogP contribution in [0.15, 0.2) is 28.8 Å². The molecular formula is C18H25N5O3. The Morgan fingerprint density at radius 2 is 1.77 bits per heavy atom. The lowest BCUT2D eigenvalue weighted by Crippen LogP contribution is -2.47. The van der Waals surface area contributed by atoms with E-state index < -0.39 is 0 Å². The van der Waals surface area contributed by atoms with Gasteiger partial charge in [-0.2, -0.15) is 4.98 Å². The van der Waals surface area contributed by atoms with Crippen LogP contribution in [0.5, 0.6) is 0 Å². The number of nitrogens with zero attached hydrogens (tertiary/aromatic N) is 5. The first-order valence-electron chi connectivity index (χ1n) is 8.83. The molecular weight excluding hydrogens is 334 g/mol. The minimum absolute atomic E-state index is 0.0672. The van der Waals surface area contributed by atoms with Crippen LogP contribution in [-0.2, 0) is 5.41 Å². The normalized spacial score (nSPS) is 17.3. The van der Waals surface area contributed by atoms with Crippen LogP contribution in [0.1, 0.15) is 45.5 Å². The standard InChI is InChI=1S/C18H25N5O3/c1-13(16-19-17(20-26-16)18(2,3)4)21-9-11-22(12-10-21)14-5-7-15(8-6-14)23(24)25/h5-8,13H,9-12H2,1-4H3. The zero-order chi connectivity index (χ0) is 18.9. The number of benzene rings is 1. The third-order valence-corrected chi connectivity index (χ3v) is 4.76. The lowest BCUT2D eigenvalue weighted by Gasteiger charge is -2.38. The van der Waals surface area contributed by atoms with Crippen LogP contribution >= 0.6 is 0 Å². The first kappa shape index (κ1) is 18.3. The van der Waals surface area contributed by atoms with Crippen LogP contribution in [0.25, 0.3) is 0 Å². The van der Waals surface area contributed by atoms with Crippen LogP contribution in [0, 0.1) is 10.1 Å². The van der Waals surface area contributed by atoms with Crippen LogP contribution in [0.2, 0.25) is 0 Å². The van der Waals surface area contributed by atoms with Gasteiger partial charge < -0.3 is 9.42 Å². The SMILES string of the molecule is CC(c1nc(C(C)(C)C)no1)N1CCN(c2ccc([N+](=O)[O-])cc2)CC1. The molecule has 1 atom stereocenters. The van der Waals surface area contributed by atoms with Gasteiger partial charge in [-0.05, 0) is 19.1 Å². The van der Waals surface area contributed by atoms with Crippen LogP contribution in [0.3, 0.4) is 0 Å². The van der Waals surface area contributed by atoms with Gasteiger partial charge in [0, 0.05) is 49.4 Å². The fraction of sp³-hybridized carbons (Fsp3) is 0.556. The summed E-state index contributed by atoms with van der Waals surface area (Å²) in [5, 5.41) is 14.9. The van der Waals surface area contributed by atoms with Crippen molar-refractivity contribution in [2.45, 2.75) is 39.2 Å². The zero-order valence-corrected chi connectivity index (χ0v) is 15.7. The largest absolute Gasteiger partial charge is 0.369 e. The molecule has 26 heavy (non-hydrogen) atoms. The van der Waals surface area contributed by atoms with Crippen molar-refractivity contribution in [1.29, 1.82) is 0 Å². The average Bonchev–Trinajstić information content (AvgIpc) is 3.12. The number of piperazine rings is 1. The van der Waals surface area contributed by atoms with E-state index in [-0.39, 0.29) is 22.1 Å². The van der Waals surface area contributed by atoms with Gasteiger partial charge in [0.15, 0.2) is 5.82 Å². The number of anilines is 1. The van der Waals surface area contributed by atoms with E-state index in [0.29, 0.717) is 5.89 Å². The average molecular weight is 359 g/mol. The lowest BCUT2D eigenvalue weighted by molar-refractivity contribution is -0.384. The van der Waals surface area contributed by atoms with E-state index in [4.69, 9.17) is 4.52 Å². The summed E-state index contributed by atoms with van der Waals surface area (Å²) in [5.41, 5.74) is 0.999. The zero-order valence-electron chi connectivity index (χ0n) is 15.7. The van der Waals surface area contributed by atoms with Gasteiger partial charge in [0.2, 0.25) is 5.89 Å². The molecule has 2 aromatic rings. The fourth-order valence-corrected chi connectivity index (χ4v) is 3.02. The van der Waals surface area contributed by atoms with Gasteiger partial charge in [0.05, 0.1) is 11.0 Å². The van der Waals surface area contributed by atoms with Crippen molar-refractivity contribution in [1.82, 2.24) is 15.0 Å². The number of nitro benzene ring substituents is 1. The van der Waals surface area contributed by atoms with Gasteiger partial charge in [0.1, 0.15) is 0 Å². The molecule has 8 heteroatoms. The molecule has 1 aromatic carbocycles. The molecule has 140 valence electrons. The molecule has 1 saturated heterocycles. The maximum absolute atomic E-state index is 10.8. The molecule has 1 aromatic heterocycles. The molecule has 2 heterocycles. The molecule has 8 nitrogen and oxygen atoms in total. The fourth-order valence-electron chi connectivity index (χ4n) is 3.02. The number of non-ortho nitro benzene ring substituents is 1. The second-order valence-corrected chi connectivity index (χ2v) is 7.68. The maximum Gasteiger partial charge on any atom is 0.269 e. The number of rotatable bonds is 4. The van der Waals surface area contributed by atoms with E-state index in [1.165, 1.54) is 0 Å². The Labute approximate surface area is 152 Å². The summed E-state index contributed by atoms with van der Waals surface area (Å²) in [4.78, 5) is 19.5. The quantitative estimate of drug-likeness (QED) is 0.612. The Balaban J connectivity index is 1.61. The van der Waals surface area contributed by atoms with Gasteiger partial charge in [-0.25, -0.2) is 0 Å². The lowest BCUT2D eigenvalue weighted by atomic mass is 9.96. The summed E-state index contributed by atoms with van der Waals surface area (Å²) in [6.45, 7) is 11.7. The van der Waals surface area contributed by atoms with Crippen LogP contribution < -0.4 is 4.90 Å². The summed E-state index contributed by atoms with van der Waals surface area (Å²) >= 11 is 0. The number of nitro groups is 1. The predicted octanol–water partition coefficient (Wildman–Crippen LogP) is 3.16. The molecule has 0 bridgehead atoms. The van der Waals surface area contributed by atoms with E-state index in [2.05, 4.69) is 47.6 Å². The molecule has 3 rings (SSSR count). The molecule has 0 N–H and O–H groups in total. The van der Waals surface area contributed by atoms with Gasteiger partial charge in [-0.1, -0.05) is 25.9 Å². The first-order chi connectivity index (χ1) is 12.3. The van der Waals surface area contributed by atoms with Crippen molar-refractivity contribution in [2.75, 3.05) is 31.1 Å². The maximum atomic E-state index is 10.8. The Morgan fingerprint density at radius 1 is 1.15 bits per heavy atom. The molecule has 0 spiro atoms. The molecule has 1 fully saturated rings. The van der Waals surface area contributed by atoms with Gasteiger partial charge >= 0.3 is 0 Å². The highest BCUT2D eigenvalue weighted by molar-refractivity contribution is 5.51. The van der Waals surface area contributed by atoms with E-state index in [1.807, 2.05) is 12.1 Å². The summed E-state index contributed by atoms with van der Waals surface area (Å²) in [6.07, 6.45) is 0. The molecule has 0 saturated carbocycles. The Hall–Kier alpha value is -2.48. The van der Waals surface area contributed by atoms with Crippen LogP contribution in [-0.4, -0.2) is 46.1 Å². The van der Waals surface area contributed by atoms with Gasteiger partial charge in [-0.3, -0.25) is 15.0 Å². The second-order valence-electron chi connectivity index (χ2n) is 7.68. The second kappa shape index (κ2) is 7.03. The first-order valence-corrected chi connectivity index (χ1v) is 8.83. The Kier molecular flexibility index (Phi) is 4.95. The van der Waals surface area contributed by atoms with Crippen molar-refractivity contribution in [3.05, 3.63) is 46.1 Å². The highest BCUT2D eigenvalue weighted by Crippen LogP contribution is 2.26. The van der Waals surface area contributed by atoms with Gasteiger partial charge in [0.25, 0.3) is 5.69 Å². The van der Waals surface area contributed by atoms with E-state index in [0.717, 1.165) is 37.7 Å².